The summed E-state index contributed by atoms with van der Waals surface area (Å²) in [5, 5.41) is 0. The van der Waals surface area contributed by atoms with Crippen molar-refractivity contribution in [1.82, 2.24) is 0 Å². The lowest BCUT2D eigenvalue weighted by molar-refractivity contribution is -0.274. The molecular formula is C28H33F3O. The molecule has 0 bridgehead atoms. The summed E-state index contributed by atoms with van der Waals surface area (Å²) in [6.07, 6.45) is 8.80. The van der Waals surface area contributed by atoms with Crippen LogP contribution >= 0.6 is 0 Å². The second-order valence-corrected chi connectivity index (χ2v) is 8.86. The number of ether oxygens (including phenoxy) is 1. The van der Waals surface area contributed by atoms with Crippen molar-refractivity contribution in [3.05, 3.63) is 65.2 Å². The first-order valence-corrected chi connectivity index (χ1v) is 11.9. The molecule has 2 aromatic rings. The molecule has 0 atom stereocenters. The standard InChI is InChI=1S/C28H33F3O/c1-2-3-4-5-6-7-22-10-16-25(17-11-22)26-18-12-23(13-19-26)8-9-24-14-20-27(21-15-24)32-28(29,30)31/h12-15,18-22,25H,2-7,10-11,16-17H2,1H3/t22-,25-. The molecule has 0 saturated heterocycles. The first-order valence-electron chi connectivity index (χ1n) is 11.9. The number of alkyl halides is 3. The van der Waals surface area contributed by atoms with Crippen LogP contribution in [0.25, 0.3) is 0 Å². The van der Waals surface area contributed by atoms with Gasteiger partial charge >= 0.3 is 6.36 Å². The van der Waals surface area contributed by atoms with Crippen molar-refractivity contribution in [2.75, 3.05) is 0 Å². The Bertz CT molecular complexity index is 864. The summed E-state index contributed by atoms with van der Waals surface area (Å²) < 4.78 is 40.6. The van der Waals surface area contributed by atoms with Gasteiger partial charge in [0.1, 0.15) is 5.75 Å². The molecule has 0 heterocycles. The Morgan fingerprint density at radius 1 is 0.781 bits per heavy atom. The second kappa shape index (κ2) is 12.0. The zero-order chi connectivity index (χ0) is 22.8. The van der Waals surface area contributed by atoms with Gasteiger partial charge in [-0.05, 0) is 79.5 Å². The minimum atomic E-state index is -4.68. The quantitative estimate of drug-likeness (QED) is 0.294. The lowest BCUT2D eigenvalue weighted by atomic mass is 9.77. The molecule has 0 amide bonds. The molecule has 0 spiro atoms. The van der Waals surface area contributed by atoms with E-state index in [2.05, 4.69) is 35.6 Å². The summed E-state index contributed by atoms with van der Waals surface area (Å²) in [5.74, 6) is 7.41. The van der Waals surface area contributed by atoms with Crippen molar-refractivity contribution < 1.29 is 17.9 Å². The third kappa shape index (κ3) is 8.26. The van der Waals surface area contributed by atoms with Crippen LogP contribution in [0.5, 0.6) is 5.75 Å². The van der Waals surface area contributed by atoms with Crippen LogP contribution in [0.3, 0.4) is 0 Å². The van der Waals surface area contributed by atoms with Crippen LogP contribution in [0.15, 0.2) is 48.5 Å². The summed E-state index contributed by atoms with van der Waals surface area (Å²) in [6.45, 7) is 2.26. The van der Waals surface area contributed by atoms with Gasteiger partial charge in [-0.2, -0.15) is 0 Å². The maximum atomic E-state index is 12.2. The Morgan fingerprint density at radius 2 is 1.34 bits per heavy atom. The van der Waals surface area contributed by atoms with Crippen molar-refractivity contribution in [3.8, 4) is 17.6 Å². The van der Waals surface area contributed by atoms with Crippen LogP contribution in [0.2, 0.25) is 0 Å². The second-order valence-electron chi connectivity index (χ2n) is 8.86. The van der Waals surface area contributed by atoms with Gasteiger partial charge in [-0.15, -0.1) is 13.2 Å². The van der Waals surface area contributed by atoms with Crippen LogP contribution in [0.4, 0.5) is 13.2 Å². The first kappa shape index (κ1) is 24.2. The van der Waals surface area contributed by atoms with Gasteiger partial charge < -0.3 is 4.74 Å². The van der Waals surface area contributed by atoms with Crippen LogP contribution in [-0.4, -0.2) is 6.36 Å². The van der Waals surface area contributed by atoms with E-state index in [0.717, 1.165) is 11.5 Å². The SMILES string of the molecule is CCCCCCC[C@H]1CC[C@H](c2ccc(C#Cc3ccc(OC(F)(F)F)cc3)cc2)CC1. The predicted octanol–water partition coefficient (Wildman–Crippen LogP) is 8.62. The fourth-order valence-corrected chi connectivity index (χ4v) is 4.54. The summed E-state index contributed by atoms with van der Waals surface area (Å²) in [5.41, 5.74) is 2.95. The largest absolute Gasteiger partial charge is 0.573 e. The van der Waals surface area contributed by atoms with Gasteiger partial charge in [0, 0.05) is 11.1 Å². The fraction of sp³-hybridized carbons (Fsp3) is 0.500. The van der Waals surface area contributed by atoms with Gasteiger partial charge in [0.2, 0.25) is 0 Å². The van der Waals surface area contributed by atoms with Crippen molar-refractivity contribution >= 4 is 0 Å². The molecule has 1 aliphatic carbocycles. The number of benzene rings is 2. The number of unbranched alkanes of at least 4 members (excludes halogenated alkanes) is 4. The van der Waals surface area contributed by atoms with Gasteiger partial charge in [0.05, 0.1) is 0 Å². The van der Waals surface area contributed by atoms with E-state index < -0.39 is 6.36 Å². The number of hydrogen-bond acceptors (Lipinski definition) is 1. The average molecular weight is 443 g/mol. The third-order valence-electron chi connectivity index (χ3n) is 6.38. The maximum absolute atomic E-state index is 12.2. The highest BCUT2D eigenvalue weighted by molar-refractivity contribution is 5.45. The minimum Gasteiger partial charge on any atom is -0.406 e. The number of hydrogen-bond donors (Lipinski definition) is 0. The fourth-order valence-electron chi connectivity index (χ4n) is 4.54. The van der Waals surface area contributed by atoms with Crippen molar-refractivity contribution in [3.63, 3.8) is 0 Å². The number of rotatable bonds is 8. The smallest absolute Gasteiger partial charge is 0.406 e. The van der Waals surface area contributed by atoms with E-state index in [0.29, 0.717) is 11.5 Å². The van der Waals surface area contributed by atoms with Crippen LogP contribution in [-0.2, 0) is 0 Å². The van der Waals surface area contributed by atoms with E-state index in [-0.39, 0.29) is 5.75 Å². The molecule has 1 aliphatic rings. The van der Waals surface area contributed by atoms with Crippen molar-refractivity contribution in [2.45, 2.75) is 83.4 Å². The summed E-state index contributed by atoms with van der Waals surface area (Å²) in [7, 11) is 0. The molecule has 172 valence electrons. The zero-order valence-corrected chi connectivity index (χ0v) is 18.9. The molecule has 4 heteroatoms. The Hall–Kier alpha value is -2.41. The van der Waals surface area contributed by atoms with E-state index in [1.807, 2.05) is 12.1 Å². The van der Waals surface area contributed by atoms with Crippen LogP contribution in [0.1, 0.15) is 93.7 Å². The van der Waals surface area contributed by atoms with Crippen molar-refractivity contribution in [1.29, 1.82) is 0 Å². The molecule has 1 saturated carbocycles. The summed E-state index contributed by atoms with van der Waals surface area (Å²) >= 11 is 0. The first-order chi connectivity index (χ1) is 15.4. The predicted molar refractivity (Wildman–Crippen MR) is 124 cm³/mol. The van der Waals surface area contributed by atoms with Gasteiger partial charge in [-0.3, -0.25) is 0 Å². The third-order valence-corrected chi connectivity index (χ3v) is 6.38. The Balaban J connectivity index is 1.46. The maximum Gasteiger partial charge on any atom is 0.573 e. The molecule has 0 radical (unpaired) electrons. The normalized spacial score (nSPS) is 18.6. The van der Waals surface area contributed by atoms with E-state index in [9.17, 15) is 13.2 Å². The minimum absolute atomic E-state index is 0.237. The van der Waals surface area contributed by atoms with Gasteiger partial charge in [-0.1, -0.05) is 69.4 Å². The molecule has 0 aromatic heterocycles. The van der Waals surface area contributed by atoms with Crippen molar-refractivity contribution in [2.24, 2.45) is 5.92 Å². The van der Waals surface area contributed by atoms with E-state index in [4.69, 9.17) is 0 Å². The lowest BCUT2D eigenvalue weighted by Gasteiger charge is -2.29. The Kier molecular flexibility index (Phi) is 9.09. The zero-order valence-electron chi connectivity index (χ0n) is 18.9. The molecule has 32 heavy (non-hydrogen) atoms. The molecular weight excluding hydrogens is 409 g/mol. The molecule has 0 unspecified atom stereocenters. The number of halogens is 3. The summed E-state index contributed by atoms with van der Waals surface area (Å²) in [6, 6.07) is 14.1. The van der Waals surface area contributed by atoms with E-state index >= 15 is 0 Å². The Labute approximate surface area is 190 Å². The highest BCUT2D eigenvalue weighted by Gasteiger charge is 2.30. The summed E-state index contributed by atoms with van der Waals surface area (Å²) in [4.78, 5) is 0. The Morgan fingerprint density at radius 3 is 1.91 bits per heavy atom. The molecule has 1 nitrogen and oxygen atoms in total. The lowest BCUT2D eigenvalue weighted by Crippen LogP contribution is -2.16. The van der Waals surface area contributed by atoms with Gasteiger partial charge in [-0.25, -0.2) is 0 Å². The molecule has 3 rings (SSSR count). The van der Waals surface area contributed by atoms with E-state index in [1.165, 1.54) is 94.0 Å². The monoisotopic (exact) mass is 442 g/mol. The van der Waals surface area contributed by atoms with Crippen LogP contribution in [0, 0.1) is 17.8 Å². The highest BCUT2D eigenvalue weighted by atomic mass is 19.4. The molecule has 1 fully saturated rings. The molecule has 2 aromatic carbocycles. The van der Waals surface area contributed by atoms with Gasteiger partial charge in [0.15, 0.2) is 0 Å². The average Bonchev–Trinajstić information content (AvgIpc) is 2.78. The van der Waals surface area contributed by atoms with Crippen LogP contribution < -0.4 is 4.74 Å². The van der Waals surface area contributed by atoms with Gasteiger partial charge in [0.25, 0.3) is 0 Å². The topological polar surface area (TPSA) is 9.23 Å². The molecule has 0 aliphatic heterocycles. The molecule has 0 N–H and O–H groups in total. The highest BCUT2D eigenvalue weighted by Crippen LogP contribution is 2.37. The van der Waals surface area contributed by atoms with E-state index in [1.54, 1.807) is 0 Å².